The molecular weight excluding hydrogens is 266 g/mol. The SMILES string of the molecule is CC(C)C1(C(=O)O)CCN(C(=O)[C@H](C)c2ccccc2)C1. The molecular formula is C17H23NO3. The van der Waals surface area contributed by atoms with Crippen LogP contribution in [0.3, 0.4) is 0 Å². The summed E-state index contributed by atoms with van der Waals surface area (Å²) in [6, 6.07) is 9.62. The topological polar surface area (TPSA) is 57.6 Å². The maximum atomic E-state index is 12.6. The molecule has 1 saturated heterocycles. The first-order chi connectivity index (χ1) is 9.88. The quantitative estimate of drug-likeness (QED) is 0.927. The van der Waals surface area contributed by atoms with Crippen LogP contribution < -0.4 is 0 Å². The average Bonchev–Trinajstić information content (AvgIpc) is 2.93. The van der Waals surface area contributed by atoms with E-state index in [1.807, 2.05) is 51.1 Å². The van der Waals surface area contributed by atoms with Gasteiger partial charge >= 0.3 is 5.97 Å². The van der Waals surface area contributed by atoms with Crippen LogP contribution in [0.25, 0.3) is 0 Å². The lowest BCUT2D eigenvalue weighted by Gasteiger charge is -2.29. The summed E-state index contributed by atoms with van der Waals surface area (Å²) in [5, 5.41) is 9.55. The predicted octanol–water partition coefficient (Wildman–Crippen LogP) is 2.75. The molecule has 2 rings (SSSR count). The Bertz CT molecular complexity index is 526. The molecule has 1 unspecified atom stereocenters. The van der Waals surface area contributed by atoms with E-state index in [4.69, 9.17) is 0 Å². The molecule has 0 spiro atoms. The molecule has 0 saturated carbocycles. The Hall–Kier alpha value is -1.84. The molecule has 4 heteroatoms. The number of carboxylic acid groups (broad SMARTS) is 1. The van der Waals surface area contributed by atoms with Crippen molar-refractivity contribution in [3.8, 4) is 0 Å². The van der Waals surface area contributed by atoms with Crippen molar-refractivity contribution in [3.05, 3.63) is 35.9 Å². The van der Waals surface area contributed by atoms with Gasteiger partial charge in [-0.3, -0.25) is 9.59 Å². The van der Waals surface area contributed by atoms with Crippen LogP contribution >= 0.6 is 0 Å². The minimum atomic E-state index is -0.800. The molecule has 1 aliphatic rings. The van der Waals surface area contributed by atoms with Gasteiger partial charge in [0.1, 0.15) is 0 Å². The molecule has 1 amide bonds. The molecule has 1 N–H and O–H groups in total. The zero-order valence-corrected chi connectivity index (χ0v) is 12.9. The first-order valence-corrected chi connectivity index (χ1v) is 7.45. The Labute approximate surface area is 125 Å². The van der Waals surface area contributed by atoms with Gasteiger partial charge in [-0.15, -0.1) is 0 Å². The molecule has 1 heterocycles. The summed E-state index contributed by atoms with van der Waals surface area (Å²) < 4.78 is 0. The Kier molecular flexibility index (Phi) is 4.35. The molecule has 1 fully saturated rings. The van der Waals surface area contributed by atoms with Gasteiger partial charge in [-0.05, 0) is 24.8 Å². The van der Waals surface area contributed by atoms with E-state index < -0.39 is 11.4 Å². The van der Waals surface area contributed by atoms with E-state index in [-0.39, 0.29) is 17.7 Å². The lowest BCUT2D eigenvalue weighted by molar-refractivity contribution is -0.151. The highest BCUT2D eigenvalue weighted by Crippen LogP contribution is 2.39. The Morgan fingerprint density at radius 1 is 1.19 bits per heavy atom. The summed E-state index contributed by atoms with van der Waals surface area (Å²) in [6.45, 7) is 6.57. The third kappa shape index (κ3) is 2.80. The van der Waals surface area contributed by atoms with Crippen molar-refractivity contribution in [2.45, 2.75) is 33.1 Å². The summed E-state index contributed by atoms with van der Waals surface area (Å²) in [4.78, 5) is 26.0. The maximum Gasteiger partial charge on any atom is 0.311 e. The number of nitrogens with zero attached hydrogens (tertiary/aromatic N) is 1. The molecule has 114 valence electrons. The lowest BCUT2D eigenvalue weighted by atomic mass is 9.76. The first-order valence-electron chi connectivity index (χ1n) is 7.45. The number of likely N-dealkylation sites (tertiary alicyclic amines) is 1. The highest BCUT2D eigenvalue weighted by molar-refractivity contribution is 5.85. The number of carboxylic acids is 1. The zero-order valence-electron chi connectivity index (χ0n) is 12.9. The van der Waals surface area contributed by atoms with Crippen molar-refractivity contribution in [2.24, 2.45) is 11.3 Å². The van der Waals surface area contributed by atoms with E-state index in [0.717, 1.165) is 5.56 Å². The minimum absolute atomic E-state index is 0.0137. The summed E-state index contributed by atoms with van der Waals surface area (Å²) in [5.74, 6) is -0.993. The smallest absolute Gasteiger partial charge is 0.311 e. The second kappa shape index (κ2) is 5.88. The van der Waals surface area contributed by atoms with Gasteiger partial charge in [0, 0.05) is 13.1 Å². The number of carbonyl (C=O) groups excluding carboxylic acids is 1. The van der Waals surface area contributed by atoms with Crippen LogP contribution in [0.15, 0.2) is 30.3 Å². The third-order valence-electron chi connectivity index (χ3n) is 4.81. The van der Waals surface area contributed by atoms with E-state index in [1.165, 1.54) is 0 Å². The van der Waals surface area contributed by atoms with E-state index in [2.05, 4.69) is 0 Å². The molecule has 0 bridgehead atoms. The van der Waals surface area contributed by atoms with Crippen LogP contribution in [-0.4, -0.2) is 35.0 Å². The van der Waals surface area contributed by atoms with Gasteiger partial charge in [0.2, 0.25) is 5.91 Å². The summed E-state index contributed by atoms with van der Waals surface area (Å²) in [7, 11) is 0. The first kappa shape index (κ1) is 15.5. The van der Waals surface area contributed by atoms with Crippen molar-refractivity contribution in [1.29, 1.82) is 0 Å². The second-order valence-electron chi connectivity index (χ2n) is 6.26. The summed E-state index contributed by atoms with van der Waals surface area (Å²) in [6.07, 6.45) is 0.535. The van der Waals surface area contributed by atoms with Crippen molar-refractivity contribution in [2.75, 3.05) is 13.1 Å². The number of amides is 1. The Morgan fingerprint density at radius 3 is 2.29 bits per heavy atom. The van der Waals surface area contributed by atoms with Gasteiger partial charge in [0.25, 0.3) is 0 Å². The summed E-state index contributed by atoms with van der Waals surface area (Å²) in [5.41, 5.74) is 0.173. The van der Waals surface area contributed by atoms with Gasteiger partial charge in [0.15, 0.2) is 0 Å². The highest BCUT2D eigenvalue weighted by atomic mass is 16.4. The fraction of sp³-hybridized carbons (Fsp3) is 0.529. The Morgan fingerprint density at radius 2 is 1.81 bits per heavy atom. The van der Waals surface area contributed by atoms with E-state index in [9.17, 15) is 14.7 Å². The van der Waals surface area contributed by atoms with Crippen molar-refractivity contribution in [1.82, 2.24) is 4.90 Å². The van der Waals surface area contributed by atoms with Gasteiger partial charge in [-0.2, -0.15) is 0 Å². The van der Waals surface area contributed by atoms with Crippen molar-refractivity contribution < 1.29 is 14.7 Å². The molecule has 4 nitrogen and oxygen atoms in total. The Balaban J connectivity index is 2.14. The fourth-order valence-corrected chi connectivity index (χ4v) is 3.07. The normalized spacial score (nSPS) is 23.3. The zero-order chi connectivity index (χ0) is 15.6. The standard InChI is InChI=1S/C17H23NO3/c1-12(2)17(16(20)21)9-10-18(11-17)15(19)13(3)14-7-5-4-6-8-14/h4-8,12-13H,9-11H2,1-3H3,(H,20,21)/t13-,17?/m1/s1. The van der Waals surface area contributed by atoms with Crippen LogP contribution in [0.4, 0.5) is 0 Å². The van der Waals surface area contributed by atoms with E-state index in [1.54, 1.807) is 4.90 Å². The van der Waals surface area contributed by atoms with Gasteiger partial charge in [-0.1, -0.05) is 44.2 Å². The van der Waals surface area contributed by atoms with Gasteiger partial charge in [0.05, 0.1) is 11.3 Å². The van der Waals surface area contributed by atoms with Crippen molar-refractivity contribution >= 4 is 11.9 Å². The molecule has 0 aromatic heterocycles. The lowest BCUT2D eigenvalue weighted by Crippen LogP contribution is -2.41. The summed E-state index contributed by atoms with van der Waals surface area (Å²) >= 11 is 0. The number of carbonyl (C=O) groups is 2. The largest absolute Gasteiger partial charge is 0.481 e. The molecule has 21 heavy (non-hydrogen) atoms. The van der Waals surface area contributed by atoms with Crippen LogP contribution in [0.2, 0.25) is 0 Å². The molecule has 1 aromatic carbocycles. The number of aliphatic carboxylic acids is 1. The fourth-order valence-electron chi connectivity index (χ4n) is 3.07. The molecule has 0 aliphatic carbocycles. The van der Waals surface area contributed by atoms with E-state index >= 15 is 0 Å². The van der Waals surface area contributed by atoms with Gasteiger partial charge in [-0.25, -0.2) is 0 Å². The van der Waals surface area contributed by atoms with Crippen LogP contribution in [0, 0.1) is 11.3 Å². The average molecular weight is 289 g/mol. The number of hydrogen-bond donors (Lipinski definition) is 1. The number of hydrogen-bond acceptors (Lipinski definition) is 2. The maximum absolute atomic E-state index is 12.6. The monoisotopic (exact) mass is 289 g/mol. The molecule has 1 aliphatic heterocycles. The molecule has 1 aromatic rings. The predicted molar refractivity (Wildman–Crippen MR) is 81.0 cm³/mol. The second-order valence-corrected chi connectivity index (χ2v) is 6.26. The van der Waals surface area contributed by atoms with Crippen molar-refractivity contribution in [3.63, 3.8) is 0 Å². The third-order valence-corrected chi connectivity index (χ3v) is 4.81. The van der Waals surface area contributed by atoms with Crippen LogP contribution in [0.1, 0.15) is 38.7 Å². The van der Waals surface area contributed by atoms with Gasteiger partial charge < -0.3 is 10.0 Å². The number of rotatable bonds is 4. The molecule has 0 radical (unpaired) electrons. The number of benzene rings is 1. The van der Waals surface area contributed by atoms with Crippen LogP contribution in [0.5, 0.6) is 0 Å². The van der Waals surface area contributed by atoms with E-state index in [0.29, 0.717) is 19.5 Å². The molecule has 2 atom stereocenters. The van der Waals surface area contributed by atoms with Crippen LogP contribution in [-0.2, 0) is 9.59 Å². The minimum Gasteiger partial charge on any atom is -0.481 e. The highest BCUT2D eigenvalue weighted by Gasteiger charge is 2.48.